The van der Waals surface area contributed by atoms with Gasteiger partial charge in [-0.05, 0) is 57.0 Å². The molecule has 3 atom stereocenters. The maximum atomic E-state index is 15.4. The lowest BCUT2D eigenvalue weighted by molar-refractivity contribution is -0.137. The standard InChI is InChI=1S/C27H27F4N5O4S/c1-35(2)21-11-17(16-4-3-5-18(10-16)27(29,30)31)6-7-20(21)36-22-12-19(28)24(13-23(22)40-14-26(36)37)41(38,39)34-25-8-9-32-15-33-25/h3-5,8-10,12-13,15,17,20-21H,6-7,11,14H2,1-2H3,(H,32,33,34)/t17-,20-,21-/m0/s1. The van der Waals surface area contributed by atoms with Crippen LogP contribution in [-0.4, -0.2) is 62.0 Å². The van der Waals surface area contributed by atoms with Crippen LogP contribution in [-0.2, 0) is 21.0 Å². The van der Waals surface area contributed by atoms with E-state index in [1.54, 1.807) is 6.07 Å². The van der Waals surface area contributed by atoms with E-state index in [0.29, 0.717) is 24.8 Å². The Hall–Kier alpha value is -3.78. The highest BCUT2D eigenvalue weighted by Crippen LogP contribution is 2.43. The quantitative estimate of drug-likeness (QED) is 0.422. The van der Waals surface area contributed by atoms with Gasteiger partial charge in [0.25, 0.3) is 15.9 Å². The summed E-state index contributed by atoms with van der Waals surface area (Å²) in [5.41, 5.74) is -0.0590. The van der Waals surface area contributed by atoms with Crippen molar-refractivity contribution in [3.8, 4) is 5.75 Å². The highest BCUT2D eigenvalue weighted by atomic mass is 32.2. The van der Waals surface area contributed by atoms with Gasteiger partial charge in [-0.3, -0.25) is 9.52 Å². The maximum Gasteiger partial charge on any atom is 0.416 e. The van der Waals surface area contributed by atoms with Crippen LogP contribution in [0.1, 0.15) is 36.3 Å². The smallest absolute Gasteiger partial charge is 0.416 e. The summed E-state index contributed by atoms with van der Waals surface area (Å²) < 4.78 is 88.9. The molecule has 2 aromatic carbocycles. The first kappa shape index (κ1) is 28.7. The number of sulfonamides is 1. The summed E-state index contributed by atoms with van der Waals surface area (Å²) in [5.74, 6) is -1.74. The number of anilines is 2. The molecule has 0 bridgehead atoms. The molecule has 218 valence electrons. The molecule has 2 heterocycles. The molecule has 0 radical (unpaired) electrons. The summed E-state index contributed by atoms with van der Waals surface area (Å²) in [7, 11) is -0.771. The largest absolute Gasteiger partial charge is 0.482 e. The van der Waals surface area contributed by atoms with Gasteiger partial charge in [-0.1, -0.05) is 18.2 Å². The molecule has 1 aliphatic carbocycles. The minimum absolute atomic E-state index is 0.0200. The van der Waals surface area contributed by atoms with Crippen LogP contribution in [0.5, 0.6) is 5.75 Å². The van der Waals surface area contributed by atoms with Gasteiger partial charge >= 0.3 is 6.18 Å². The molecule has 0 spiro atoms. The van der Waals surface area contributed by atoms with Gasteiger partial charge in [0, 0.05) is 24.4 Å². The summed E-state index contributed by atoms with van der Waals surface area (Å²) in [6, 6.07) is 7.83. The summed E-state index contributed by atoms with van der Waals surface area (Å²) >= 11 is 0. The fourth-order valence-corrected chi connectivity index (χ4v) is 6.63. The number of likely N-dealkylation sites (N-methyl/N-ethyl adjacent to an activating group) is 1. The van der Waals surface area contributed by atoms with Gasteiger partial charge in [0.05, 0.1) is 17.3 Å². The number of fused-ring (bicyclic) bond motifs is 1. The summed E-state index contributed by atoms with van der Waals surface area (Å²) in [5, 5.41) is 0. The van der Waals surface area contributed by atoms with Crippen molar-refractivity contribution in [2.24, 2.45) is 0 Å². The van der Waals surface area contributed by atoms with Gasteiger partial charge in [-0.2, -0.15) is 13.2 Å². The Balaban J connectivity index is 1.45. The molecular weight excluding hydrogens is 566 g/mol. The number of amides is 1. The Morgan fingerprint density at radius 3 is 2.59 bits per heavy atom. The Morgan fingerprint density at radius 1 is 1.12 bits per heavy atom. The highest BCUT2D eigenvalue weighted by Gasteiger charge is 2.42. The lowest BCUT2D eigenvalue weighted by atomic mass is 9.77. The molecular formula is C27H27F4N5O4S. The summed E-state index contributed by atoms with van der Waals surface area (Å²) in [4.78, 5) is 23.3. The topological polar surface area (TPSA) is 105 Å². The number of halogens is 4. The monoisotopic (exact) mass is 593 g/mol. The SMILES string of the molecule is CN(C)[C@H]1C[C@@H](c2cccc(C(F)(F)F)c2)CC[C@@H]1N1C(=O)COc2cc(S(=O)(=O)Nc3ccncn3)c(F)cc21. The number of benzene rings is 2. The molecule has 0 unspecified atom stereocenters. The van der Waals surface area contributed by atoms with Crippen LogP contribution < -0.4 is 14.4 Å². The van der Waals surface area contributed by atoms with E-state index >= 15 is 4.39 Å². The lowest BCUT2D eigenvalue weighted by Gasteiger charge is -2.46. The molecule has 2 aliphatic rings. The maximum absolute atomic E-state index is 15.4. The number of nitrogens with zero attached hydrogens (tertiary/aromatic N) is 4. The van der Waals surface area contributed by atoms with E-state index in [9.17, 15) is 26.4 Å². The second-order valence-corrected chi connectivity index (χ2v) is 11.9. The molecule has 0 saturated heterocycles. The highest BCUT2D eigenvalue weighted by molar-refractivity contribution is 7.92. The molecule has 1 aromatic heterocycles. The molecule has 1 amide bonds. The number of carbonyl (C=O) groups excluding carboxylic acids is 1. The molecule has 14 heteroatoms. The van der Waals surface area contributed by atoms with Crippen LogP contribution in [0.25, 0.3) is 0 Å². The third-order valence-electron chi connectivity index (χ3n) is 7.46. The number of carbonyl (C=O) groups is 1. The molecule has 5 rings (SSSR count). The van der Waals surface area contributed by atoms with E-state index < -0.39 is 44.4 Å². The van der Waals surface area contributed by atoms with E-state index in [4.69, 9.17) is 4.74 Å². The van der Waals surface area contributed by atoms with Crippen molar-refractivity contribution in [1.82, 2.24) is 14.9 Å². The van der Waals surface area contributed by atoms with Crippen molar-refractivity contribution in [2.75, 3.05) is 30.3 Å². The number of hydrogen-bond donors (Lipinski definition) is 1. The molecule has 9 nitrogen and oxygen atoms in total. The molecule has 1 aliphatic heterocycles. The van der Waals surface area contributed by atoms with Crippen LogP contribution in [0.3, 0.4) is 0 Å². The molecule has 3 aromatic rings. The van der Waals surface area contributed by atoms with E-state index in [1.807, 2.05) is 19.0 Å². The Morgan fingerprint density at radius 2 is 1.90 bits per heavy atom. The average molecular weight is 594 g/mol. The van der Waals surface area contributed by atoms with E-state index in [-0.39, 0.29) is 35.8 Å². The Bertz CT molecular complexity index is 1550. The van der Waals surface area contributed by atoms with Crippen molar-refractivity contribution in [1.29, 1.82) is 0 Å². The van der Waals surface area contributed by atoms with Crippen LogP contribution in [0.2, 0.25) is 0 Å². The van der Waals surface area contributed by atoms with Gasteiger partial charge in [0.2, 0.25) is 0 Å². The van der Waals surface area contributed by atoms with Crippen LogP contribution >= 0.6 is 0 Å². The molecule has 1 saturated carbocycles. The zero-order chi connectivity index (χ0) is 29.5. The third-order valence-corrected chi connectivity index (χ3v) is 8.83. The van der Waals surface area contributed by atoms with E-state index in [2.05, 4.69) is 14.7 Å². The van der Waals surface area contributed by atoms with Gasteiger partial charge in [0.15, 0.2) is 6.61 Å². The number of alkyl halides is 3. The Kier molecular flexibility index (Phi) is 7.64. The normalized spacial score (nSPS) is 21.4. The van der Waals surface area contributed by atoms with Crippen molar-refractivity contribution in [3.05, 3.63) is 71.9 Å². The van der Waals surface area contributed by atoms with Gasteiger partial charge in [-0.15, -0.1) is 0 Å². The van der Waals surface area contributed by atoms with Crippen LogP contribution in [0, 0.1) is 5.82 Å². The fourth-order valence-electron chi connectivity index (χ4n) is 5.54. The molecule has 1 fully saturated rings. The van der Waals surface area contributed by atoms with Crippen molar-refractivity contribution in [3.63, 3.8) is 0 Å². The Labute approximate surface area is 234 Å². The first-order valence-electron chi connectivity index (χ1n) is 12.8. The second kappa shape index (κ2) is 10.9. The van der Waals surface area contributed by atoms with Crippen molar-refractivity contribution >= 4 is 27.4 Å². The average Bonchev–Trinajstić information content (AvgIpc) is 2.92. The van der Waals surface area contributed by atoms with Gasteiger partial charge < -0.3 is 14.5 Å². The number of rotatable bonds is 6. The zero-order valence-electron chi connectivity index (χ0n) is 22.1. The molecule has 41 heavy (non-hydrogen) atoms. The van der Waals surface area contributed by atoms with Gasteiger partial charge in [-0.25, -0.2) is 22.8 Å². The number of aromatic nitrogens is 2. The van der Waals surface area contributed by atoms with Crippen LogP contribution in [0.4, 0.5) is 29.1 Å². The van der Waals surface area contributed by atoms with Crippen molar-refractivity contribution < 1.29 is 35.5 Å². The van der Waals surface area contributed by atoms with Gasteiger partial charge in [0.1, 0.15) is 28.6 Å². The van der Waals surface area contributed by atoms with E-state index in [0.717, 1.165) is 24.5 Å². The first-order valence-corrected chi connectivity index (χ1v) is 14.2. The number of ether oxygens (including phenoxy) is 1. The predicted octanol–water partition coefficient (Wildman–Crippen LogP) is 4.43. The first-order chi connectivity index (χ1) is 19.3. The zero-order valence-corrected chi connectivity index (χ0v) is 22.9. The number of nitrogens with one attached hydrogen (secondary N) is 1. The predicted molar refractivity (Wildman–Crippen MR) is 142 cm³/mol. The van der Waals surface area contributed by atoms with Crippen LogP contribution in [0.15, 0.2) is 59.9 Å². The fraction of sp³-hybridized carbons (Fsp3) is 0.370. The second-order valence-electron chi connectivity index (χ2n) is 10.2. The minimum Gasteiger partial charge on any atom is -0.482 e. The van der Waals surface area contributed by atoms with E-state index in [1.165, 1.54) is 29.3 Å². The lowest BCUT2D eigenvalue weighted by Crippen LogP contribution is -2.56. The minimum atomic E-state index is -4.46. The third kappa shape index (κ3) is 5.84. The van der Waals surface area contributed by atoms with Crippen molar-refractivity contribution in [2.45, 2.75) is 48.3 Å². The molecule has 1 N–H and O–H groups in total. The summed E-state index contributed by atoms with van der Waals surface area (Å²) in [6.45, 7) is -0.384. The summed E-state index contributed by atoms with van der Waals surface area (Å²) in [6.07, 6.45) is -0.629. The number of hydrogen-bond acceptors (Lipinski definition) is 7.